The van der Waals surface area contributed by atoms with E-state index in [4.69, 9.17) is 4.74 Å². The second-order valence-electron chi connectivity index (χ2n) is 5.93. The molecule has 122 valence electrons. The number of aryl methyl sites for hydroxylation is 1. The number of alkyl halides is 3. The van der Waals surface area contributed by atoms with Gasteiger partial charge in [-0.2, -0.15) is 18.3 Å². The highest BCUT2D eigenvalue weighted by molar-refractivity contribution is 5.94. The molecule has 0 aromatic carbocycles. The molecule has 2 aliphatic rings. The Morgan fingerprint density at radius 1 is 1.41 bits per heavy atom. The van der Waals surface area contributed by atoms with E-state index in [1.807, 2.05) is 18.1 Å². The summed E-state index contributed by atoms with van der Waals surface area (Å²) in [7, 11) is 1.81. The number of halogens is 3. The largest absolute Gasteiger partial charge is 0.471 e. The van der Waals surface area contributed by atoms with Crippen LogP contribution in [-0.4, -0.2) is 59.0 Å². The van der Waals surface area contributed by atoms with Crippen molar-refractivity contribution in [2.24, 2.45) is 18.0 Å². The molecule has 1 aromatic heterocycles. The van der Waals surface area contributed by atoms with Crippen LogP contribution in [0.1, 0.15) is 18.4 Å². The number of piperidine rings is 1. The zero-order valence-electron chi connectivity index (χ0n) is 12.4. The first kappa shape index (κ1) is 15.3. The monoisotopic (exact) mass is 316 g/mol. The van der Waals surface area contributed by atoms with Crippen LogP contribution in [-0.2, 0) is 11.8 Å². The van der Waals surface area contributed by atoms with Gasteiger partial charge in [0.05, 0.1) is 24.2 Å². The van der Waals surface area contributed by atoms with Crippen LogP contribution in [0.15, 0.2) is 17.4 Å². The first-order valence-corrected chi connectivity index (χ1v) is 7.41. The Hall–Kier alpha value is -1.57. The second-order valence-corrected chi connectivity index (χ2v) is 5.93. The first-order valence-electron chi connectivity index (χ1n) is 7.41. The fourth-order valence-electron chi connectivity index (χ4n) is 2.98. The average molecular weight is 316 g/mol. The lowest BCUT2D eigenvalue weighted by Crippen LogP contribution is -2.45. The fourth-order valence-corrected chi connectivity index (χ4v) is 2.98. The maximum absolute atomic E-state index is 12.8. The van der Waals surface area contributed by atoms with E-state index in [1.54, 1.807) is 10.9 Å². The molecule has 0 spiro atoms. The Morgan fingerprint density at radius 2 is 2.23 bits per heavy atom. The lowest BCUT2D eigenvalue weighted by molar-refractivity contribution is -0.187. The van der Waals surface area contributed by atoms with E-state index in [2.05, 4.69) is 10.1 Å². The number of rotatable bonds is 3. The second kappa shape index (κ2) is 5.91. The van der Waals surface area contributed by atoms with Gasteiger partial charge in [-0.25, -0.2) is 4.99 Å². The summed E-state index contributed by atoms with van der Waals surface area (Å²) in [4.78, 5) is 6.17. The van der Waals surface area contributed by atoms with Gasteiger partial charge in [-0.05, 0) is 19.4 Å². The summed E-state index contributed by atoms with van der Waals surface area (Å²) >= 11 is 0. The molecule has 0 aliphatic carbocycles. The van der Waals surface area contributed by atoms with Crippen LogP contribution in [0.25, 0.3) is 0 Å². The molecule has 0 amide bonds. The zero-order chi connectivity index (χ0) is 15.7. The Morgan fingerprint density at radius 3 is 2.91 bits per heavy atom. The van der Waals surface area contributed by atoms with E-state index in [0.29, 0.717) is 32.0 Å². The van der Waals surface area contributed by atoms with E-state index >= 15 is 0 Å². The van der Waals surface area contributed by atoms with Crippen molar-refractivity contribution >= 4 is 5.90 Å². The SMILES string of the molecule is Cn1cc(C2=NCC(CN3CCCC(C(F)(F)F)C3)O2)cn1. The molecule has 2 aliphatic heterocycles. The number of aliphatic imine (C=N–C) groups is 1. The van der Waals surface area contributed by atoms with Gasteiger partial charge in [0.15, 0.2) is 0 Å². The lowest BCUT2D eigenvalue weighted by atomic mass is 9.97. The maximum Gasteiger partial charge on any atom is 0.393 e. The highest BCUT2D eigenvalue weighted by atomic mass is 19.4. The third kappa shape index (κ3) is 3.43. The Kier molecular flexibility index (Phi) is 4.12. The molecular formula is C14H19F3N4O. The standard InChI is InChI=1S/C14H19F3N4O/c1-20-7-10(5-19-20)13-18-6-12(22-13)9-21-4-2-3-11(8-21)14(15,16)17/h5,7,11-12H,2-4,6,8-9H2,1H3. The minimum absolute atomic E-state index is 0.0611. The molecule has 0 bridgehead atoms. The Balaban J connectivity index is 1.53. The summed E-state index contributed by atoms with van der Waals surface area (Å²) in [5, 5.41) is 4.06. The van der Waals surface area contributed by atoms with Crippen LogP contribution in [0.4, 0.5) is 13.2 Å². The fraction of sp³-hybridized carbons (Fsp3) is 0.714. The number of hydrogen-bond acceptors (Lipinski definition) is 4. The van der Waals surface area contributed by atoms with Crippen molar-refractivity contribution < 1.29 is 17.9 Å². The van der Waals surface area contributed by atoms with Crippen molar-refractivity contribution in [1.82, 2.24) is 14.7 Å². The summed E-state index contributed by atoms with van der Waals surface area (Å²) in [5.41, 5.74) is 0.803. The Labute approximate surface area is 126 Å². The van der Waals surface area contributed by atoms with E-state index in [1.165, 1.54) is 0 Å². The van der Waals surface area contributed by atoms with Crippen molar-refractivity contribution in [3.05, 3.63) is 18.0 Å². The highest BCUT2D eigenvalue weighted by Gasteiger charge is 2.42. The third-order valence-corrected chi connectivity index (χ3v) is 4.10. The number of hydrogen-bond donors (Lipinski definition) is 0. The number of ether oxygens (including phenoxy) is 1. The van der Waals surface area contributed by atoms with Gasteiger partial charge in [-0.1, -0.05) is 0 Å². The van der Waals surface area contributed by atoms with Crippen molar-refractivity contribution in [2.45, 2.75) is 25.1 Å². The molecule has 3 heterocycles. The third-order valence-electron chi connectivity index (χ3n) is 4.10. The number of aromatic nitrogens is 2. The molecule has 5 nitrogen and oxygen atoms in total. The van der Waals surface area contributed by atoms with Crippen LogP contribution in [0.5, 0.6) is 0 Å². The molecule has 8 heteroatoms. The summed E-state index contributed by atoms with van der Waals surface area (Å²) in [5.74, 6) is -0.691. The van der Waals surface area contributed by atoms with E-state index in [9.17, 15) is 13.2 Å². The van der Waals surface area contributed by atoms with Gasteiger partial charge in [-0.15, -0.1) is 0 Å². The van der Waals surface area contributed by atoms with Crippen molar-refractivity contribution in [1.29, 1.82) is 0 Å². The molecule has 0 N–H and O–H groups in total. The molecule has 1 aromatic rings. The Bertz CT molecular complexity index is 555. The summed E-state index contributed by atoms with van der Waals surface area (Å²) in [6.45, 7) is 1.72. The van der Waals surface area contributed by atoms with E-state index < -0.39 is 12.1 Å². The van der Waals surface area contributed by atoms with Gasteiger partial charge in [0, 0.05) is 26.3 Å². The maximum atomic E-state index is 12.8. The van der Waals surface area contributed by atoms with Crippen LogP contribution in [0.3, 0.4) is 0 Å². The molecule has 3 rings (SSSR count). The average Bonchev–Trinajstić information content (AvgIpc) is 3.07. The van der Waals surface area contributed by atoms with Gasteiger partial charge in [0.2, 0.25) is 5.90 Å². The van der Waals surface area contributed by atoms with E-state index in [0.717, 1.165) is 5.56 Å². The summed E-state index contributed by atoms with van der Waals surface area (Å²) in [6.07, 6.45) is -0.00558. The summed E-state index contributed by atoms with van der Waals surface area (Å²) in [6, 6.07) is 0. The van der Waals surface area contributed by atoms with Gasteiger partial charge in [0.25, 0.3) is 0 Å². The van der Waals surface area contributed by atoms with Crippen molar-refractivity contribution in [3.63, 3.8) is 0 Å². The molecular weight excluding hydrogens is 297 g/mol. The van der Waals surface area contributed by atoms with Crippen molar-refractivity contribution in [3.8, 4) is 0 Å². The van der Waals surface area contributed by atoms with Gasteiger partial charge < -0.3 is 4.74 Å². The number of likely N-dealkylation sites (tertiary alicyclic amines) is 1. The predicted molar refractivity (Wildman–Crippen MR) is 74.7 cm³/mol. The quantitative estimate of drug-likeness (QED) is 0.854. The first-order chi connectivity index (χ1) is 10.4. The van der Waals surface area contributed by atoms with Crippen LogP contribution in [0, 0.1) is 5.92 Å². The molecule has 2 atom stereocenters. The molecule has 1 saturated heterocycles. The predicted octanol–water partition coefficient (Wildman–Crippen LogP) is 1.84. The van der Waals surface area contributed by atoms with Crippen LogP contribution < -0.4 is 0 Å². The molecule has 2 unspecified atom stereocenters. The minimum atomic E-state index is -4.10. The van der Waals surface area contributed by atoms with Gasteiger partial charge >= 0.3 is 6.18 Å². The lowest BCUT2D eigenvalue weighted by Gasteiger charge is -2.34. The summed E-state index contributed by atoms with van der Waals surface area (Å²) < 4.78 is 45.9. The number of nitrogens with zero attached hydrogens (tertiary/aromatic N) is 4. The van der Waals surface area contributed by atoms with Crippen molar-refractivity contribution in [2.75, 3.05) is 26.2 Å². The molecule has 1 fully saturated rings. The molecule has 0 saturated carbocycles. The minimum Gasteiger partial charge on any atom is -0.471 e. The van der Waals surface area contributed by atoms with Crippen LogP contribution >= 0.6 is 0 Å². The normalized spacial score (nSPS) is 26.8. The topological polar surface area (TPSA) is 42.7 Å². The highest BCUT2D eigenvalue weighted by Crippen LogP contribution is 2.33. The molecule has 22 heavy (non-hydrogen) atoms. The van der Waals surface area contributed by atoms with Crippen LogP contribution in [0.2, 0.25) is 0 Å². The zero-order valence-corrected chi connectivity index (χ0v) is 12.4. The van der Waals surface area contributed by atoms with Gasteiger partial charge in [0.1, 0.15) is 6.10 Å². The van der Waals surface area contributed by atoms with E-state index in [-0.39, 0.29) is 19.1 Å². The molecule has 0 radical (unpaired) electrons. The smallest absolute Gasteiger partial charge is 0.393 e. The van der Waals surface area contributed by atoms with Gasteiger partial charge in [-0.3, -0.25) is 9.58 Å².